The summed E-state index contributed by atoms with van der Waals surface area (Å²) in [6.07, 6.45) is 1.05. The predicted octanol–water partition coefficient (Wildman–Crippen LogP) is 3.08. The smallest absolute Gasteiger partial charge is 0.306 e. The van der Waals surface area contributed by atoms with Crippen LogP contribution in [0.4, 0.5) is 0 Å². The molecule has 1 heterocycles. The molecule has 1 saturated heterocycles. The van der Waals surface area contributed by atoms with Crippen molar-refractivity contribution in [3.05, 3.63) is 33.8 Å². The van der Waals surface area contributed by atoms with Crippen molar-refractivity contribution in [2.45, 2.75) is 32.7 Å². The first-order chi connectivity index (χ1) is 9.38. The van der Waals surface area contributed by atoms with E-state index in [-0.39, 0.29) is 17.9 Å². The van der Waals surface area contributed by atoms with E-state index in [2.05, 4.69) is 15.9 Å². The fourth-order valence-corrected chi connectivity index (χ4v) is 3.33. The maximum atomic E-state index is 12.5. The molecule has 1 amide bonds. The van der Waals surface area contributed by atoms with Gasteiger partial charge in [-0.2, -0.15) is 0 Å². The summed E-state index contributed by atoms with van der Waals surface area (Å²) < 4.78 is 0.883. The zero-order valence-corrected chi connectivity index (χ0v) is 13.2. The number of rotatable bonds is 2. The predicted molar refractivity (Wildman–Crippen MR) is 79.7 cm³/mol. The number of carbonyl (C=O) groups is 2. The summed E-state index contributed by atoms with van der Waals surface area (Å²) in [6, 6.07) is 5.59. The SMILES string of the molecule is Cc1cc(Br)cc(C(=O)N2CCC(C(=O)O)CC2C)c1. The molecule has 1 aromatic rings. The number of amides is 1. The van der Waals surface area contributed by atoms with Gasteiger partial charge in [0.25, 0.3) is 5.91 Å². The van der Waals surface area contributed by atoms with E-state index in [0.717, 1.165) is 10.0 Å². The Morgan fingerprint density at radius 1 is 1.35 bits per heavy atom. The molecule has 0 aromatic heterocycles. The Hall–Kier alpha value is -1.36. The second-order valence-corrected chi connectivity index (χ2v) is 6.34. The van der Waals surface area contributed by atoms with Crippen LogP contribution in [0, 0.1) is 12.8 Å². The van der Waals surface area contributed by atoms with Crippen LogP contribution in [0.25, 0.3) is 0 Å². The minimum Gasteiger partial charge on any atom is -0.481 e. The molecular weight excluding hydrogens is 322 g/mol. The molecule has 2 unspecified atom stereocenters. The number of halogens is 1. The maximum Gasteiger partial charge on any atom is 0.306 e. The summed E-state index contributed by atoms with van der Waals surface area (Å²) in [5.74, 6) is -1.12. The van der Waals surface area contributed by atoms with Crippen molar-refractivity contribution in [2.75, 3.05) is 6.54 Å². The molecule has 2 rings (SSSR count). The van der Waals surface area contributed by atoms with Gasteiger partial charge in [0.05, 0.1) is 5.92 Å². The minimum atomic E-state index is -0.762. The van der Waals surface area contributed by atoms with E-state index in [1.54, 1.807) is 4.90 Å². The molecule has 4 nitrogen and oxygen atoms in total. The molecule has 0 bridgehead atoms. The first-order valence-electron chi connectivity index (χ1n) is 6.69. The van der Waals surface area contributed by atoms with Crippen LogP contribution in [0.15, 0.2) is 22.7 Å². The summed E-state index contributed by atoms with van der Waals surface area (Å²) >= 11 is 3.40. The van der Waals surface area contributed by atoms with Crippen molar-refractivity contribution in [3.8, 4) is 0 Å². The number of aliphatic carboxylic acids is 1. The first-order valence-corrected chi connectivity index (χ1v) is 7.48. The fraction of sp³-hybridized carbons (Fsp3) is 0.467. The molecule has 0 aliphatic carbocycles. The number of benzene rings is 1. The Labute approximate surface area is 126 Å². The minimum absolute atomic E-state index is 0.0225. The maximum absolute atomic E-state index is 12.5. The number of aryl methyl sites for hydroxylation is 1. The second kappa shape index (κ2) is 5.95. The largest absolute Gasteiger partial charge is 0.481 e. The zero-order valence-electron chi connectivity index (χ0n) is 11.6. The molecule has 0 spiro atoms. The monoisotopic (exact) mass is 339 g/mol. The average molecular weight is 340 g/mol. The Morgan fingerprint density at radius 2 is 2.05 bits per heavy atom. The zero-order chi connectivity index (χ0) is 14.9. The molecule has 2 atom stereocenters. The highest BCUT2D eigenvalue weighted by Gasteiger charge is 2.32. The van der Waals surface area contributed by atoms with Crippen LogP contribution in [0.1, 0.15) is 35.7 Å². The van der Waals surface area contributed by atoms with Gasteiger partial charge in [0.1, 0.15) is 0 Å². The highest BCUT2D eigenvalue weighted by molar-refractivity contribution is 9.10. The van der Waals surface area contributed by atoms with Gasteiger partial charge in [0, 0.05) is 22.6 Å². The Balaban J connectivity index is 2.15. The number of carboxylic acid groups (broad SMARTS) is 1. The third-order valence-corrected chi connectivity index (χ3v) is 4.23. The molecule has 0 radical (unpaired) electrons. The number of hydrogen-bond acceptors (Lipinski definition) is 2. The third-order valence-electron chi connectivity index (χ3n) is 3.78. The van der Waals surface area contributed by atoms with Gasteiger partial charge in [-0.3, -0.25) is 9.59 Å². The molecule has 1 N–H and O–H groups in total. The summed E-state index contributed by atoms with van der Waals surface area (Å²) in [5.41, 5.74) is 1.67. The van der Waals surface area contributed by atoms with E-state index in [0.29, 0.717) is 24.9 Å². The molecule has 1 aliphatic heterocycles. The van der Waals surface area contributed by atoms with Crippen LogP contribution >= 0.6 is 15.9 Å². The Bertz CT molecular complexity index is 524. The lowest BCUT2D eigenvalue weighted by atomic mass is 9.91. The van der Waals surface area contributed by atoms with Gasteiger partial charge >= 0.3 is 5.97 Å². The van der Waals surface area contributed by atoms with Gasteiger partial charge in [-0.15, -0.1) is 0 Å². The van der Waals surface area contributed by atoms with Crippen LogP contribution in [-0.2, 0) is 4.79 Å². The number of hydrogen-bond donors (Lipinski definition) is 1. The van der Waals surface area contributed by atoms with E-state index >= 15 is 0 Å². The van der Waals surface area contributed by atoms with Crippen LogP contribution in [-0.4, -0.2) is 34.5 Å². The summed E-state index contributed by atoms with van der Waals surface area (Å²) in [5, 5.41) is 9.06. The van der Waals surface area contributed by atoms with E-state index < -0.39 is 5.97 Å². The van der Waals surface area contributed by atoms with Crippen LogP contribution in [0.5, 0.6) is 0 Å². The van der Waals surface area contributed by atoms with Gasteiger partial charge in [-0.25, -0.2) is 0 Å². The normalized spacial score (nSPS) is 22.6. The molecule has 20 heavy (non-hydrogen) atoms. The Morgan fingerprint density at radius 3 is 2.60 bits per heavy atom. The van der Waals surface area contributed by atoms with Crippen LogP contribution in [0.3, 0.4) is 0 Å². The highest BCUT2D eigenvalue weighted by atomic mass is 79.9. The molecule has 1 aliphatic rings. The first kappa shape index (κ1) is 15.0. The van der Waals surface area contributed by atoms with Crippen molar-refractivity contribution < 1.29 is 14.7 Å². The molecule has 108 valence electrons. The second-order valence-electron chi connectivity index (χ2n) is 5.42. The highest BCUT2D eigenvalue weighted by Crippen LogP contribution is 2.25. The van der Waals surface area contributed by atoms with Gasteiger partial charge in [0.15, 0.2) is 0 Å². The molecular formula is C15H18BrNO3. The van der Waals surface area contributed by atoms with Crippen LogP contribution in [0.2, 0.25) is 0 Å². The summed E-state index contributed by atoms with van der Waals surface area (Å²) in [6.45, 7) is 4.36. The van der Waals surface area contributed by atoms with Crippen LogP contribution < -0.4 is 0 Å². The molecule has 5 heteroatoms. The van der Waals surface area contributed by atoms with Crippen molar-refractivity contribution in [3.63, 3.8) is 0 Å². The number of likely N-dealkylation sites (tertiary alicyclic amines) is 1. The van der Waals surface area contributed by atoms with Gasteiger partial charge in [-0.1, -0.05) is 15.9 Å². The molecule has 0 saturated carbocycles. The van der Waals surface area contributed by atoms with E-state index in [1.165, 1.54) is 0 Å². The summed E-state index contributed by atoms with van der Waals surface area (Å²) in [7, 11) is 0. The quantitative estimate of drug-likeness (QED) is 0.900. The lowest BCUT2D eigenvalue weighted by Crippen LogP contribution is -2.46. The number of carboxylic acids is 1. The van der Waals surface area contributed by atoms with E-state index in [1.807, 2.05) is 32.0 Å². The van der Waals surface area contributed by atoms with Crippen molar-refractivity contribution >= 4 is 27.8 Å². The van der Waals surface area contributed by atoms with Crippen molar-refractivity contribution in [2.24, 2.45) is 5.92 Å². The average Bonchev–Trinajstić information content (AvgIpc) is 2.36. The van der Waals surface area contributed by atoms with Crippen molar-refractivity contribution in [1.29, 1.82) is 0 Å². The van der Waals surface area contributed by atoms with E-state index in [9.17, 15) is 9.59 Å². The van der Waals surface area contributed by atoms with Gasteiger partial charge in [0.2, 0.25) is 0 Å². The third kappa shape index (κ3) is 3.20. The number of carbonyl (C=O) groups excluding carboxylic acids is 1. The van der Waals surface area contributed by atoms with Gasteiger partial charge in [-0.05, 0) is 50.5 Å². The number of nitrogens with zero attached hydrogens (tertiary/aromatic N) is 1. The number of piperidine rings is 1. The van der Waals surface area contributed by atoms with Gasteiger partial charge < -0.3 is 10.0 Å². The Kier molecular flexibility index (Phi) is 4.48. The van der Waals surface area contributed by atoms with E-state index in [4.69, 9.17) is 5.11 Å². The topological polar surface area (TPSA) is 57.6 Å². The standard InChI is InChI=1S/C15H18BrNO3/c1-9-5-12(8-13(16)6-9)14(18)17-4-3-11(15(19)20)7-10(17)2/h5-6,8,10-11H,3-4,7H2,1-2H3,(H,19,20). The lowest BCUT2D eigenvalue weighted by Gasteiger charge is -2.36. The summed E-state index contributed by atoms with van der Waals surface area (Å²) in [4.78, 5) is 25.4. The molecule has 1 aromatic carbocycles. The fourth-order valence-electron chi connectivity index (χ4n) is 2.72. The van der Waals surface area contributed by atoms with Crippen molar-refractivity contribution in [1.82, 2.24) is 4.90 Å². The molecule has 1 fully saturated rings. The lowest BCUT2D eigenvalue weighted by molar-refractivity contribution is -0.143.